The number of anilines is 2. The van der Waals surface area contributed by atoms with Crippen molar-refractivity contribution in [1.82, 2.24) is 9.97 Å². The van der Waals surface area contributed by atoms with Gasteiger partial charge in [0, 0.05) is 23.8 Å². The van der Waals surface area contributed by atoms with Gasteiger partial charge in [0.05, 0.1) is 0 Å². The molecule has 2 aromatic carbocycles. The van der Waals surface area contributed by atoms with Crippen LogP contribution < -0.4 is 4.90 Å². The Labute approximate surface area is 185 Å². The SMILES string of the molecule is CCCCCCc1ccc(N(C)c2ncc(C(F)(F)F)c(Sc3ccccc3)n2)cc1. The molecule has 0 aliphatic rings. The maximum Gasteiger partial charge on any atom is 0.420 e. The molecule has 3 nitrogen and oxygen atoms in total. The molecule has 0 N–H and O–H groups in total. The number of halogens is 3. The molecule has 164 valence electrons. The monoisotopic (exact) mass is 445 g/mol. The van der Waals surface area contributed by atoms with Gasteiger partial charge in [0.25, 0.3) is 0 Å². The molecule has 31 heavy (non-hydrogen) atoms. The molecule has 0 aliphatic carbocycles. The van der Waals surface area contributed by atoms with Gasteiger partial charge >= 0.3 is 6.18 Å². The van der Waals surface area contributed by atoms with Crippen molar-refractivity contribution in [2.45, 2.75) is 55.1 Å². The lowest BCUT2D eigenvalue weighted by molar-refractivity contribution is -0.140. The van der Waals surface area contributed by atoms with Crippen molar-refractivity contribution in [2.24, 2.45) is 0 Å². The van der Waals surface area contributed by atoms with Crippen molar-refractivity contribution < 1.29 is 13.2 Å². The van der Waals surface area contributed by atoms with Crippen LogP contribution in [0, 0.1) is 0 Å². The summed E-state index contributed by atoms with van der Waals surface area (Å²) in [4.78, 5) is 10.7. The highest BCUT2D eigenvalue weighted by Crippen LogP contribution is 2.39. The minimum Gasteiger partial charge on any atom is -0.314 e. The molecule has 0 unspecified atom stereocenters. The Kier molecular flexibility index (Phi) is 7.96. The van der Waals surface area contributed by atoms with E-state index >= 15 is 0 Å². The minimum atomic E-state index is -4.52. The number of rotatable bonds is 9. The van der Waals surface area contributed by atoms with Crippen LogP contribution in [0.1, 0.15) is 43.7 Å². The molecule has 0 atom stereocenters. The highest BCUT2D eigenvalue weighted by atomic mass is 32.2. The van der Waals surface area contributed by atoms with Gasteiger partial charge in [-0.25, -0.2) is 9.97 Å². The second-order valence-electron chi connectivity index (χ2n) is 7.34. The summed E-state index contributed by atoms with van der Waals surface area (Å²) in [6, 6.07) is 16.9. The smallest absolute Gasteiger partial charge is 0.314 e. The van der Waals surface area contributed by atoms with E-state index in [1.165, 1.54) is 24.8 Å². The Bertz CT molecular complexity index is 960. The Hall–Kier alpha value is -2.54. The fraction of sp³-hybridized carbons (Fsp3) is 0.333. The van der Waals surface area contributed by atoms with E-state index in [9.17, 15) is 13.2 Å². The maximum absolute atomic E-state index is 13.5. The van der Waals surface area contributed by atoms with Gasteiger partial charge in [-0.3, -0.25) is 0 Å². The number of hydrogen-bond acceptors (Lipinski definition) is 4. The number of benzene rings is 2. The first kappa shape index (κ1) is 23.1. The molecule has 0 spiro atoms. The number of unbranched alkanes of at least 4 members (excludes halogenated alkanes) is 3. The molecular weight excluding hydrogens is 419 g/mol. The third-order valence-electron chi connectivity index (χ3n) is 4.95. The predicted octanol–water partition coefficient (Wildman–Crippen LogP) is 7.54. The second kappa shape index (κ2) is 10.7. The first-order valence-electron chi connectivity index (χ1n) is 10.4. The van der Waals surface area contributed by atoms with E-state index in [4.69, 9.17) is 0 Å². The first-order valence-corrected chi connectivity index (χ1v) is 11.2. The zero-order valence-electron chi connectivity index (χ0n) is 17.7. The average molecular weight is 446 g/mol. The average Bonchev–Trinajstić information content (AvgIpc) is 2.76. The van der Waals surface area contributed by atoms with Gasteiger partial charge in [0.15, 0.2) is 0 Å². The number of aryl methyl sites for hydroxylation is 1. The summed E-state index contributed by atoms with van der Waals surface area (Å²) >= 11 is 0.986. The molecule has 0 saturated heterocycles. The minimum absolute atomic E-state index is 0.108. The van der Waals surface area contributed by atoms with Gasteiger partial charge in [-0.15, -0.1) is 0 Å². The quantitative estimate of drug-likeness (QED) is 0.251. The molecule has 1 aromatic heterocycles. The summed E-state index contributed by atoms with van der Waals surface area (Å²) in [7, 11) is 1.76. The predicted molar refractivity (Wildman–Crippen MR) is 120 cm³/mol. The van der Waals surface area contributed by atoms with Gasteiger partial charge in [-0.1, -0.05) is 68.3 Å². The number of nitrogens with zero attached hydrogens (tertiary/aromatic N) is 3. The van der Waals surface area contributed by atoms with E-state index in [0.29, 0.717) is 4.90 Å². The third kappa shape index (κ3) is 6.47. The summed E-state index contributed by atoms with van der Waals surface area (Å²) in [5.41, 5.74) is 1.25. The summed E-state index contributed by atoms with van der Waals surface area (Å²) in [6.45, 7) is 2.19. The zero-order chi connectivity index (χ0) is 22.3. The summed E-state index contributed by atoms with van der Waals surface area (Å²) in [6.07, 6.45) is 2.21. The summed E-state index contributed by atoms with van der Waals surface area (Å²) < 4.78 is 40.5. The molecule has 0 radical (unpaired) electrons. The lowest BCUT2D eigenvalue weighted by atomic mass is 10.1. The number of alkyl halides is 3. The van der Waals surface area contributed by atoms with E-state index < -0.39 is 11.7 Å². The molecule has 3 rings (SSSR count). The highest BCUT2D eigenvalue weighted by molar-refractivity contribution is 7.99. The lowest BCUT2D eigenvalue weighted by Crippen LogP contribution is -2.16. The summed E-state index contributed by atoms with van der Waals surface area (Å²) in [5, 5.41) is -0.108. The molecule has 7 heteroatoms. The Morgan fingerprint density at radius 3 is 2.29 bits per heavy atom. The molecule has 3 aromatic rings. The Balaban J connectivity index is 1.80. The molecule has 0 bridgehead atoms. The van der Waals surface area contributed by atoms with Crippen LogP contribution in [0.25, 0.3) is 0 Å². The van der Waals surface area contributed by atoms with Gasteiger partial charge in [-0.05, 0) is 42.7 Å². The van der Waals surface area contributed by atoms with Crippen molar-refractivity contribution in [1.29, 1.82) is 0 Å². The van der Waals surface area contributed by atoms with Crippen LogP contribution in [-0.4, -0.2) is 17.0 Å². The van der Waals surface area contributed by atoms with E-state index in [1.807, 2.05) is 18.2 Å². The van der Waals surface area contributed by atoms with Crippen molar-refractivity contribution in [3.05, 3.63) is 71.9 Å². The molecular formula is C24H26F3N3S. The van der Waals surface area contributed by atoms with E-state index in [0.717, 1.165) is 36.5 Å². The van der Waals surface area contributed by atoms with Gasteiger partial charge in [-0.2, -0.15) is 13.2 Å². The largest absolute Gasteiger partial charge is 0.420 e. The maximum atomic E-state index is 13.5. The van der Waals surface area contributed by atoms with Crippen LogP contribution in [0.5, 0.6) is 0 Å². The fourth-order valence-electron chi connectivity index (χ4n) is 3.15. The normalized spacial score (nSPS) is 11.5. The van der Waals surface area contributed by atoms with Crippen molar-refractivity contribution in [2.75, 3.05) is 11.9 Å². The Morgan fingerprint density at radius 2 is 1.65 bits per heavy atom. The lowest BCUT2D eigenvalue weighted by Gasteiger charge is -2.20. The molecule has 0 aliphatic heterocycles. The zero-order valence-corrected chi connectivity index (χ0v) is 18.5. The van der Waals surface area contributed by atoms with E-state index in [2.05, 4.69) is 29.0 Å². The van der Waals surface area contributed by atoms with Crippen LogP contribution in [0.4, 0.5) is 24.8 Å². The van der Waals surface area contributed by atoms with Crippen LogP contribution in [0.3, 0.4) is 0 Å². The van der Waals surface area contributed by atoms with Crippen molar-refractivity contribution >= 4 is 23.4 Å². The van der Waals surface area contributed by atoms with E-state index in [1.54, 1.807) is 36.2 Å². The van der Waals surface area contributed by atoms with Gasteiger partial charge in [0.2, 0.25) is 5.95 Å². The van der Waals surface area contributed by atoms with E-state index in [-0.39, 0.29) is 11.0 Å². The standard InChI is InChI=1S/C24H26F3N3S/c1-3-4-5-7-10-18-13-15-19(16-14-18)30(2)23-28-17-21(24(25,26)27)22(29-23)31-20-11-8-6-9-12-20/h6,8-9,11-17H,3-5,7,10H2,1-2H3. The van der Waals surface area contributed by atoms with Gasteiger partial charge < -0.3 is 4.90 Å². The summed E-state index contributed by atoms with van der Waals surface area (Å²) in [5.74, 6) is 0.224. The molecule has 0 saturated carbocycles. The number of aromatic nitrogens is 2. The Morgan fingerprint density at radius 1 is 0.935 bits per heavy atom. The van der Waals surface area contributed by atoms with Crippen molar-refractivity contribution in [3.8, 4) is 0 Å². The fourth-order valence-corrected chi connectivity index (χ4v) is 4.07. The molecule has 1 heterocycles. The first-order chi connectivity index (χ1) is 14.9. The van der Waals surface area contributed by atoms with Crippen LogP contribution in [-0.2, 0) is 12.6 Å². The molecule has 0 amide bonds. The van der Waals surface area contributed by atoms with Gasteiger partial charge in [0.1, 0.15) is 10.6 Å². The van der Waals surface area contributed by atoms with Crippen LogP contribution >= 0.6 is 11.8 Å². The molecule has 0 fully saturated rings. The van der Waals surface area contributed by atoms with Crippen molar-refractivity contribution in [3.63, 3.8) is 0 Å². The topological polar surface area (TPSA) is 29.0 Å². The van der Waals surface area contributed by atoms with Crippen LogP contribution in [0.15, 0.2) is 70.7 Å². The second-order valence-corrected chi connectivity index (χ2v) is 8.40. The number of hydrogen-bond donors (Lipinski definition) is 0. The highest BCUT2D eigenvalue weighted by Gasteiger charge is 2.35. The van der Waals surface area contributed by atoms with Crippen LogP contribution in [0.2, 0.25) is 0 Å². The third-order valence-corrected chi connectivity index (χ3v) is 5.96.